The highest BCUT2D eigenvalue weighted by Crippen LogP contribution is 2.43. The number of anilines is 2. The Labute approximate surface area is 239 Å². The van der Waals surface area contributed by atoms with Crippen molar-refractivity contribution in [3.05, 3.63) is 16.3 Å². The zero-order valence-corrected chi connectivity index (χ0v) is 25.3. The molecule has 5 N–H and O–H groups in total. The molecule has 0 aromatic heterocycles. The summed E-state index contributed by atoms with van der Waals surface area (Å²) in [5.41, 5.74) is 0.693. The van der Waals surface area contributed by atoms with Gasteiger partial charge in [0.1, 0.15) is 0 Å². The van der Waals surface area contributed by atoms with E-state index in [1.165, 1.54) is 23.6 Å². The Morgan fingerprint density at radius 2 is 1.12 bits per heavy atom. The number of carboxylic acids is 1. The Morgan fingerprint density at radius 1 is 0.765 bits per heavy atom. The predicted octanol–water partition coefficient (Wildman–Crippen LogP) is 2.17. The maximum atomic E-state index is 12.6. The van der Waals surface area contributed by atoms with E-state index in [9.17, 15) is 29.7 Å². The van der Waals surface area contributed by atoms with E-state index in [1.54, 1.807) is 0 Å². The molecule has 0 radical (unpaired) electrons. The largest absolute Gasteiger partial charge is 0.478 e. The molecule has 2 unspecified atom stereocenters. The van der Waals surface area contributed by atoms with E-state index in [1.807, 2.05) is 67.8 Å². The maximum Gasteiger partial charge on any atom is 0.338 e. The van der Waals surface area contributed by atoms with E-state index in [0.717, 1.165) is 0 Å². The topological polar surface area (TPSA) is 159 Å². The molecule has 2 amide bonds. The molecule has 0 fully saturated rings. The van der Waals surface area contributed by atoms with Crippen molar-refractivity contribution in [1.29, 1.82) is 0 Å². The molecule has 13 heteroatoms. The van der Waals surface area contributed by atoms with E-state index >= 15 is 0 Å². The van der Waals surface area contributed by atoms with E-state index in [-0.39, 0.29) is 43.3 Å². The van der Waals surface area contributed by atoms with Crippen LogP contribution >= 0.6 is 67.8 Å². The van der Waals surface area contributed by atoms with E-state index in [0.29, 0.717) is 34.9 Å². The number of benzene rings is 1. The van der Waals surface area contributed by atoms with Gasteiger partial charge in [0.05, 0.1) is 53.1 Å². The fourth-order valence-corrected chi connectivity index (χ4v) is 8.10. The van der Waals surface area contributed by atoms with Crippen LogP contribution in [0.5, 0.6) is 0 Å². The summed E-state index contributed by atoms with van der Waals surface area (Å²) in [6.45, 7) is 2.27. The van der Waals surface area contributed by atoms with Gasteiger partial charge in [-0.15, -0.1) is 0 Å². The summed E-state index contributed by atoms with van der Waals surface area (Å²) in [6, 6.07) is 0. The Bertz CT molecular complexity index is 838. The molecule has 0 saturated heterocycles. The molecule has 0 bridgehead atoms. The Balaban J connectivity index is 3.63. The van der Waals surface area contributed by atoms with Crippen molar-refractivity contribution >= 4 is 96.9 Å². The molecule has 34 heavy (non-hydrogen) atoms. The molecule has 1 aromatic rings. The number of hydrogen-bond donors (Lipinski definition) is 5. The van der Waals surface area contributed by atoms with Gasteiger partial charge >= 0.3 is 5.97 Å². The van der Waals surface area contributed by atoms with Crippen LogP contribution in [-0.4, -0.2) is 81.8 Å². The van der Waals surface area contributed by atoms with Crippen molar-refractivity contribution in [2.45, 2.75) is 51.7 Å². The third-order valence-corrected chi connectivity index (χ3v) is 8.17. The van der Waals surface area contributed by atoms with Crippen molar-refractivity contribution in [2.24, 2.45) is 0 Å². The molecule has 0 saturated carbocycles. The van der Waals surface area contributed by atoms with Gasteiger partial charge in [-0.25, -0.2) is 4.79 Å². The highest BCUT2D eigenvalue weighted by molar-refractivity contribution is 14.1. The smallest absolute Gasteiger partial charge is 0.338 e. The average Bonchev–Trinajstić information content (AvgIpc) is 2.75. The van der Waals surface area contributed by atoms with Crippen LogP contribution in [0.4, 0.5) is 11.4 Å². The minimum atomic E-state index is -1.20. The number of hydrogen-bond acceptors (Lipinski definition) is 7. The van der Waals surface area contributed by atoms with Crippen LogP contribution in [0.15, 0.2) is 0 Å². The number of carboxylic acid groups (broad SMARTS) is 1. The molecule has 1 aromatic carbocycles. The Hall–Kier alpha value is -0.340. The number of aliphatic hydroxyl groups excluding tert-OH is 4. The van der Waals surface area contributed by atoms with Gasteiger partial charge in [-0.2, -0.15) is 0 Å². The van der Waals surface area contributed by atoms with Crippen molar-refractivity contribution in [2.75, 3.05) is 36.1 Å². The lowest BCUT2D eigenvalue weighted by atomic mass is 10.1. The normalized spacial score (nSPS) is 12.9. The van der Waals surface area contributed by atoms with Gasteiger partial charge in [0.25, 0.3) is 0 Å². The molecule has 0 aliphatic rings. The molecule has 0 aliphatic heterocycles. The van der Waals surface area contributed by atoms with Crippen LogP contribution in [0, 0.1) is 10.7 Å². The standard InChI is InChI=1S/C21H29I3N2O8/c1-11(29)25(7-3-5-13(31)9-27)19-16(22)15(21(33)34)17(23)20(18(19)24)26(12(2)30)8-4-6-14(32)10-28/h13-14,27-28,31-32H,3-10H2,1-2H3,(H,33,34). The molecule has 0 heterocycles. The summed E-state index contributed by atoms with van der Waals surface area (Å²) in [5.74, 6) is -1.87. The Morgan fingerprint density at radius 3 is 1.38 bits per heavy atom. The van der Waals surface area contributed by atoms with Crippen LogP contribution in [0.25, 0.3) is 0 Å². The highest BCUT2D eigenvalue weighted by Gasteiger charge is 2.31. The summed E-state index contributed by atoms with van der Waals surface area (Å²) in [4.78, 5) is 40.2. The molecular formula is C21H29I3N2O8. The van der Waals surface area contributed by atoms with Crippen LogP contribution < -0.4 is 9.80 Å². The number of halogens is 3. The van der Waals surface area contributed by atoms with Gasteiger partial charge in [0.15, 0.2) is 0 Å². The summed E-state index contributed by atoms with van der Waals surface area (Å²) in [5, 5.41) is 47.3. The summed E-state index contributed by atoms with van der Waals surface area (Å²) in [7, 11) is 0. The number of nitrogens with zero attached hydrogens (tertiary/aromatic N) is 2. The van der Waals surface area contributed by atoms with E-state index in [2.05, 4.69) is 0 Å². The predicted molar refractivity (Wildman–Crippen MR) is 152 cm³/mol. The summed E-state index contributed by atoms with van der Waals surface area (Å²) < 4.78 is 1.21. The van der Waals surface area contributed by atoms with Crippen molar-refractivity contribution in [3.8, 4) is 0 Å². The summed E-state index contributed by atoms with van der Waals surface area (Å²) in [6.07, 6.45) is -0.598. The number of amides is 2. The van der Waals surface area contributed by atoms with Gasteiger partial charge in [-0.3, -0.25) is 9.59 Å². The maximum absolute atomic E-state index is 12.6. The molecule has 10 nitrogen and oxygen atoms in total. The zero-order chi connectivity index (χ0) is 26.2. The van der Waals surface area contributed by atoms with Crippen LogP contribution in [0.3, 0.4) is 0 Å². The number of aliphatic hydroxyl groups is 4. The van der Waals surface area contributed by atoms with Crippen LogP contribution in [-0.2, 0) is 9.59 Å². The van der Waals surface area contributed by atoms with Gasteiger partial charge in [-0.1, -0.05) is 0 Å². The first-order valence-electron chi connectivity index (χ1n) is 10.5. The number of aromatic carboxylic acids is 1. The van der Waals surface area contributed by atoms with Gasteiger partial charge in [0.2, 0.25) is 11.8 Å². The summed E-state index contributed by atoms with van der Waals surface area (Å²) >= 11 is 5.79. The van der Waals surface area contributed by atoms with Crippen molar-refractivity contribution < 1.29 is 39.9 Å². The third-order valence-electron chi connectivity index (χ3n) is 5.04. The molecule has 192 valence electrons. The second-order valence-corrected chi connectivity index (χ2v) is 10.9. The lowest BCUT2D eigenvalue weighted by Gasteiger charge is -2.31. The average molecular weight is 818 g/mol. The first-order valence-corrected chi connectivity index (χ1v) is 13.7. The van der Waals surface area contributed by atoms with Crippen LogP contribution in [0.2, 0.25) is 0 Å². The van der Waals surface area contributed by atoms with E-state index < -0.39 is 31.4 Å². The molecule has 2 atom stereocenters. The van der Waals surface area contributed by atoms with Gasteiger partial charge in [-0.05, 0) is 93.5 Å². The fraction of sp³-hybridized carbons (Fsp3) is 0.571. The third kappa shape index (κ3) is 8.36. The first kappa shape index (κ1) is 31.7. The molecule has 1 rings (SSSR count). The van der Waals surface area contributed by atoms with Gasteiger partial charge in [0, 0.05) is 26.9 Å². The second kappa shape index (κ2) is 15.0. The quantitative estimate of drug-likeness (QED) is 0.190. The molecule has 0 aliphatic carbocycles. The Kier molecular flexibility index (Phi) is 14.0. The van der Waals surface area contributed by atoms with Gasteiger partial charge < -0.3 is 35.3 Å². The number of carbonyl (C=O) groups is 3. The molecule has 0 spiro atoms. The zero-order valence-electron chi connectivity index (χ0n) is 18.8. The minimum absolute atomic E-state index is 0.0325. The monoisotopic (exact) mass is 818 g/mol. The second-order valence-electron chi connectivity index (χ2n) is 7.62. The fourth-order valence-electron chi connectivity index (χ4n) is 3.31. The lowest BCUT2D eigenvalue weighted by Crippen LogP contribution is -2.36. The minimum Gasteiger partial charge on any atom is -0.478 e. The number of carbonyl (C=O) groups excluding carboxylic acids is 2. The lowest BCUT2D eigenvalue weighted by molar-refractivity contribution is -0.117. The highest BCUT2D eigenvalue weighted by atomic mass is 127. The number of rotatable bonds is 13. The van der Waals surface area contributed by atoms with E-state index in [4.69, 9.17) is 10.2 Å². The van der Waals surface area contributed by atoms with Crippen molar-refractivity contribution in [1.82, 2.24) is 0 Å². The van der Waals surface area contributed by atoms with Crippen molar-refractivity contribution in [3.63, 3.8) is 0 Å². The first-order chi connectivity index (χ1) is 15.9. The SMILES string of the molecule is CC(=O)N(CCCC(O)CO)c1c(I)c(C(=O)O)c(I)c(N(CCCC(O)CO)C(C)=O)c1I. The van der Waals surface area contributed by atoms with Crippen LogP contribution in [0.1, 0.15) is 49.9 Å². The molecular weight excluding hydrogens is 789 g/mol.